The zero-order valence-electron chi connectivity index (χ0n) is 13.0. The molecule has 0 spiro atoms. The average Bonchev–Trinajstić information content (AvgIpc) is 2.65. The Hall–Kier alpha value is -1.55. The molecular formula is C16H25N3O. The van der Waals surface area contributed by atoms with Gasteiger partial charge in [-0.15, -0.1) is 0 Å². The Kier molecular flexibility index (Phi) is 3.78. The molecule has 0 aliphatic rings. The normalized spacial score (nSPS) is 15.5. The monoisotopic (exact) mass is 275 g/mol. The summed E-state index contributed by atoms with van der Waals surface area (Å²) in [6.45, 7) is 10.4. The van der Waals surface area contributed by atoms with Crippen LogP contribution < -0.4 is 5.73 Å². The molecule has 2 rings (SSSR count). The molecule has 20 heavy (non-hydrogen) atoms. The predicted octanol–water partition coefficient (Wildman–Crippen LogP) is 3.25. The Balaban J connectivity index is 2.64. The zero-order chi connectivity index (χ0) is 15.1. The van der Waals surface area contributed by atoms with E-state index in [4.69, 9.17) is 10.7 Å². The maximum Gasteiger partial charge on any atom is 0.115 e. The molecule has 0 fully saturated rings. The molecule has 1 heterocycles. The van der Waals surface area contributed by atoms with Crippen molar-refractivity contribution in [3.63, 3.8) is 0 Å². The molecule has 1 aromatic heterocycles. The van der Waals surface area contributed by atoms with Crippen LogP contribution in [0.15, 0.2) is 18.2 Å². The highest BCUT2D eigenvalue weighted by molar-refractivity contribution is 5.80. The van der Waals surface area contributed by atoms with Crippen molar-refractivity contribution < 1.29 is 5.11 Å². The second-order valence-electron chi connectivity index (χ2n) is 6.74. The highest BCUT2D eigenvalue weighted by atomic mass is 16.3. The number of aliphatic hydroxyl groups excluding tert-OH is 1. The van der Waals surface area contributed by atoms with Gasteiger partial charge in [0.2, 0.25) is 0 Å². The van der Waals surface area contributed by atoms with Gasteiger partial charge in [0.05, 0.1) is 17.1 Å². The highest BCUT2D eigenvalue weighted by Crippen LogP contribution is 2.31. The first kappa shape index (κ1) is 14.9. The van der Waals surface area contributed by atoms with E-state index in [1.165, 1.54) is 0 Å². The van der Waals surface area contributed by atoms with Crippen LogP contribution in [-0.4, -0.2) is 20.8 Å². The van der Waals surface area contributed by atoms with Gasteiger partial charge in [-0.05, 0) is 38.5 Å². The van der Waals surface area contributed by atoms with E-state index in [1.807, 2.05) is 25.1 Å². The third kappa shape index (κ3) is 2.80. The molecule has 2 unspecified atom stereocenters. The van der Waals surface area contributed by atoms with E-state index in [1.54, 1.807) is 0 Å². The Labute approximate surface area is 120 Å². The maximum atomic E-state index is 9.68. The highest BCUT2D eigenvalue weighted by Gasteiger charge is 2.25. The molecule has 110 valence electrons. The van der Waals surface area contributed by atoms with Crippen molar-refractivity contribution in [2.24, 2.45) is 0 Å². The van der Waals surface area contributed by atoms with Crippen LogP contribution in [0.25, 0.3) is 11.0 Å². The fraction of sp³-hybridized carbons (Fsp3) is 0.562. The molecule has 0 aliphatic heterocycles. The van der Waals surface area contributed by atoms with Crippen LogP contribution in [0.1, 0.15) is 52.9 Å². The van der Waals surface area contributed by atoms with E-state index in [-0.39, 0.29) is 17.6 Å². The number of hydrogen-bond donors (Lipinski definition) is 2. The minimum Gasteiger partial charge on any atom is -0.399 e. The van der Waals surface area contributed by atoms with E-state index in [2.05, 4.69) is 32.3 Å². The molecule has 0 saturated heterocycles. The summed E-state index contributed by atoms with van der Waals surface area (Å²) < 4.78 is 2.24. The topological polar surface area (TPSA) is 64.1 Å². The first-order chi connectivity index (χ1) is 9.20. The second kappa shape index (κ2) is 5.09. The molecule has 4 heteroatoms. The largest absolute Gasteiger partial charge is 0.399 e. The van der Waals surface area contributed by atoms with Crippen molar-refractivity contribution in [2.75, 3.05) is 5.73 Å². The number of aromatic nitrogens is 2. The van der Waals surface area contributed by atoms with E-state index >= 15 is 0 Å². The van der Waals surface area contributed by atoms with Gasteiger partial charge in [0.15, 0.2) is 0 Å². The standard InChI is InChI=1S/C16H25N3O/c1-10(8-11(2)20)19-14-7-6-12(17)9-13(14)18-15(19)16(3,4)5/h6-7,9-11,20H,8,17H2,1-5H3. The number of nitrogens with zero attached hydrogens (tertiary/aromatic N) is 2. The third-order valence-corrected chi connectivity index (χ3v) is 3.51. The molecule has 4 nitrogen and oxygen atoms in total. The molecule has 0 amide bonds. The van der Waals surface area contributed by atoms with Gasteiger partial charge < -0.3 is 15.4 Å². The Morgan fingerprint density at radius 3 is 2.50 bits per heavy atom. The van der Waals surface area contributed by atoms with Gasteiger partial charge in [-0.1, -0.05) is 20.8 Å². The Morgan fingerprint density at radius 2 is 1.95 bits per heavy atom. The van der Waals surface area contributed by atoms with Crippen molar-refractivity contribution in [1.29, 1.82) is 0 Å². The quantitative estimate of drug-likeness (QED) is 0.845. The number of benzene rings is 1. The summed E-state index contributed by atoms with van der Waals surface area (Å²) in [7, 11) is 0. The molecule has 2 aromatic rings. The van der Waals surface area contributed by atoms with Crippen LogP contribution in [-0.2, 0) is 5.41 Å². The van der Waals surface area contributed by atoms with Crippen LogP contribution in [0, 0.1) is 0 Å². The van der Waals surface area contributed by atoms with Crippen molar-refractivity contribution in [2.45, 2.75) is 58.6 Å². The van der Waals surface area contributed by atoms with E-state index in [0.29, 0.717) is 6.42 Å². The summed E-state index contributed by atoms with van der Waals surface area (Å²) in [4.78, 5) is 4.77. The number of anilines is 1. The molecule has 2 atom stereocenters. The smallest absolute Gasteiger partial charge is 0.115 e. The van der Waals surface area contributed by atoms with Crippen molar-refractivity contribution in [1.82, 2.24) is 9.55 Å². The van der Waals surface area contributed by atoms with Gasteiger partial charge in [-0.3, -0.25) is 0 Å². The SMILES string of the molecule is CC(O)CC(C)n1c(C(C)(C)C)nc2cc(N)ccc21. The number of nitrogen functional groups attached to an aromatic ring is 1. The van der Waals surface area contributed by atoms with E-state index in [0.717, 1.165) is 22.5 Å². The molecule has 0 aliphatic carbocycles. The third-order valence-electron chi connectivity index (χ3n) is 3.51. The lowest BCUT2D eigenvalue weighted by molar-refractivity contribution is 0.164. The Bertz CT molecular complexity index is 608. The molecule has 3 N–H and O–H groups in total. The Morgan fingerprint density at radius 1 is 1.30 bits per heavy atom. The fourth-order valence-electron chi connectivity index (χ4n) is 2.69. The van der Waals surface area contributed by atoms with Crippen molar-refractivity contribution >= 4 is 16.7 Å². The second-order valence-corrected chi connectivity index (χ2v) is 6.74. The number of nitrogens with two attached hydrogens (primary N) is 1. The molecule has 0 radical (unpaired) electrons. The summed E-state index contributed by atoms with van der Waals surface area (Å²) in [6, 6.07) is 6.03. The fourth-order valence-corrected chi connectivity index (χ4v) is 2.69. The first-order valence-corrected chi connectivity index (χ1v) is 7.16. The minimum absolute atomic E-state index is 0.0548. The van der Waals surface area contributed by atoms with Crippen LogP contribution in [0.4, 0.5) is 5.69 Å². The zero-order valence-corrected chi connectivity index (χ0v) is 13.0. The summed E-state index contributed by atoms with van der Waals surface area (Å²) in [5.74, 6) is 1.03. The van der Waals surface area contributed by atoms with Gasteiger partial charge in [0, 0.05) is 17.1 Å². The van der Waals surface area contributed by atoms with Gasteiger partial charge in [0.25, 0.3) is 0 Å². The minimum atomic E-state index is -0.330. The van der Waals surface area contributed by atoms with Crippen LogP contribution in [0.3, 0.4) is 0 Å². The van der Waals surface area contributed by atoms with Gasteiger partial charge in [0.1, 0.15) is 5.82 Å². The van der Waals surface area contributed by atoms with Gasteiger partial charge in [-0.2, -0.15) is 0 Å². The lowest BCUT2D eigenvalue weighted by atomic mass is 9.95. The maximum absolute atomic E-state index is 9.68. The van der Waals surface area contributed by atoms with Gasteiger partial charge in [-0.25, -0.2) is 4.98 Å². The molecule has 0 bridgehead atoms. The molecular weight excluding hydrogens is 250 g/mol. The van der Waals surface area contributed by atoms with Crippen molar-refractivity contribution in [3.8, 4) is 0 Å². The van der Waals surface area contributed by atoms with Crippen LogP contribution in [0.2, 0.25) is 0 Å². The van der Waals surface area contributed by atoms with Crippen LogP contribution in [0.5, 0.6) is 0 Å². The number of hydrogen-bond acceptors (Lipinski definition) is 3. The van der Waals surface area contributed by atoms with Crippen LogP contribution >= 0.6 is 0 Å². The number of fused-ring (bicyclic) bond motifs is 1. The van der Waals surface area contributed by atoms with Gasteiger partial charge >= 0.3 is 0 Å². The van der Waals surface area contributed by atoms with E-state index < -0.39 is 0 Å². The lowest BCUT2D eigenvalue weighted by Crippen LogP contribution is -2.22. The first-order valence-electron chi connectivity index (χ1n) is 7.16. The van der Waals surface area contributed by atoms with E-state index in [9.17, 15) is 5.11 Å². The average molecular weight is 275 g/mol. The summed E-state index contributed by atoms with van der Waals surface area (Å²) in [5, 5.41) is 9.68. The number of rotatable bonds is 3. The summed E-state index contributed by atoms with van der Waals surface area (Å²) >= 11 is 0. The molecule has 0 saturated carbocycles. The van der Waals surface area contributed by atoms with Crippen molar-refractivity contribution in [3.05, 3.63) is 24.0 Å². The summed E-state index contributed by atoms with van der Waals surface area (Å²) in [6.07, 6.45) is 0.378. The predicted molar refractivity (Wildman–Crippen MR) is 83.9 cm³/mol. The number of imidazole rings is 1. The molecule has 1 aromatic carbocycles. The lowest BCUT2D eigenvalue weighted by Gasteiger charge is -2.25. The summed E-state index contributed by atoms with van der Waals surface area (Å²) in [5.41, 5.74) is 8.54. The number of aliphatic hydroxyl groups is 1.